The van der Waals surface area contributed by atoms with Crippen LogP contribution >= 0.6 is 0 Å². The van der Waals surface area contributed by atoms with Gasteiger partial charge in [0.1, 0.15) is 5.75 Å². The lowest BCUT2D eigenvalue weighted by molar-refractivity contribution is 0.471. The van der Waals surface area contributed by atoms with E-state index in [0.717, 1.165) is 5.56 Å². The second-order valence-electron chi connectivity index (χ2n) is 3.63. The molecule has 0 aliphatic carbocycles. The Hall–Kier alpha value is -2.14. The Morgan fingerprint density at radius 1 is 1.47 bits per heavy atom. The molecule has 3 N–H and O–H groups in total. The highest BCUT2D eigenvalue weighted by molar-refractivity contribution is 5.34. The molecule has 0 saturated carbocycles. The van der Waals surface area contributed by atoms with Gasteiger partial charge in [-0.1, -0.05) is 12.1 Å². The van der Waals surface area contributed by atoms with Crippen LogP contribution in [0.25, 0.3) is 0 Å². The van der Waals surface area contributed by atoms with Crippen LogP contribution in [0.3, 0.4) is 0 Å². The summed E-state index contributed by atoms with van der Waals surface area (Å²) in [7, 11) is 0. The molecule has 0 atom stereocenters. The number of nitrogens with one attached hydrogen (secondary N) is 1. The highest BCUT2D eigenvalue weighted by atomic mass is 16.5. The number of H-pyrrole nitrogens is 1. The fraction of sp³-hybridized carbons (Fsp3) is 0.167. The number of hydrogen-bond acceptors (Lipinski definition) is 4. The molecule has 17 heavy (non-hydrogen) atoms. The van der Waals surface area contributed by atoms with E-state index in [0.29, 0.717) is 23.7 Å². The van der Waals surface area contributed by atoms with Crippen molar-refractivity contribution in [3.8, 4) is 11.5 Å². The summed E-state index contributed by atoms with van der Waals surface area (Å²) in [6.45, 7) is 2.21. The average Bonchev–Trinajstić information content (AvgIpc) is 2.33. The molecule has 0 unspecified atom stereocenters. The fourth-order valence-corrected chi connectivity index (χ4v) is 1.43. The van der Waals surface area contributed by atoms with E-state index in [1.165, 1.54) is 6.20 Å². The van der Waals surface area contributed by atoms with Crippen LogP contribution in [0.2, 0.25) is 0 Å². The van der Waals surface area contributed by atoms with Gasteiger partial charge in [-0.05, 0) is 24.6 Å². The third-order valence-corrected chi connectivity index (χ3v) is 2.33. The molecule has 5 heteroatoms. The molecule has 1 aromatic carbocycles. The first kappa shape index (κ1) is 11.3. The number of ether oxygens (including phenoxy) is 1. The molecule has 0 aliphatic rings. The molecule has 1 aromatic heterocycles. The van der Waals surface area contributed by atoms with Gasteiger partial charge in [0.05, 0.1) is 11.9 Å². The normalized spacial score (nSPS) is 10.2. The van der Waals surface area contributed by atoms with Crippen LogP contribution in [0.5, 0.6) is 11.5 Å². The summed E-state index contributed by atoms with van der Waals surface area (Å²) in [6.07, 6.45) is 1.41. The molecule has 0 saturated heterocycles. The molecule has 2 aromatic rings. The monoisotopic (exact) mass is 231 g/mol. The summed E-state index contributed by atoms with van der Waals surface area (Å²) < 4.78 is 5.62. The molecule has 0 radical (unpaired) electrons. The van der Waals surface area contributed by atoms with Gasteiger partial charge in [0.25, 0.3) is 0 Å². The lowest BCUT2D eigenvalue weighted by Crippen LogP contribution is -2.11. The third-order valence-electron chi connectivity index (χ3n) is 2.33. The predicted octanol–water partition coefficient (Wildman–Crippen LogP) is 1.33. The molecule has 0 bridgehead atoms. The molecule has 1 heterocycles. The molecule has 0 spiro atoms. The van der Waals surface area contributed by atoms with Gasteiger partial charge in [-0.15, -0.1) is 0 Å². The lowest BCUT2D eigenvalue weighted by Gasteiger charge is -2.08. The fourth-order valence-electron chi connectivity index (χ4n) is 1.43. The van der Waals surface area contributed by atoms with Crippen molar-refractivity contribution in [2.45, 2.75) is 13.5 Å². The molecular weight excluding hydrogens is 218 g/mol. The number of aryl methyl sites for hydroxylation is 1. The van der Waals surface area contributed by atoms with Crippen LogP contribution in [0, 0.1) is 6.92 Å². The van der Waals surface area contributed by atoms with Crippen molar-refractivity contribution in [1.29, 1.82) is 0 Å². The number of rotatable bonds is 3. The third kappa shape index (κ3) is 2.70. The maximum Gasteiger partial charge on any atom is 0.345 e. The van der Waals surface area contributed by atoms with E-state index in [2.05, 4.69) is 9.97 Å². The smallest absolute Gasteiger partial charge is 0.345 e. The van der Waals surface area contributed by atoms with Crippen molar-refractivity contribution in [3.63, 3.8) is 0 Å². The Bertz CT molecular complexity index is 578. The Kier molecular flexibility index (Phi) is 3.20. The number of hydrogen-bond donors (Lipinski definition) is 2. The van der Waals surface area contributed by atoms with Crippen LogP contribution < -0.4 is 16.2 Å². The van der Waals surface area contributed by atoms with E-state index in [9.17, 15) is 4.79 Å². The number of aromatic amines is 1. The van der Waals surface area contributed by atoms with Gasteiger partial charge in [0.15, 0.2) is 5.75 Å². The number of nitrogens with two attached hydrogens (primary N) is 1. The second kappa shape index (κ2) is 4.80. The SMILES string of the molecule is Cc1[nH]c(=O)ncc1Oc1cccc(CN)c1. The number of aromatic nitrogens is 2. The number of benzene rings is 1. The van der Waals surface area contributed by atoms with Gasteiger partial charge < -0.3 is 15.5 Å². The molecular formula is C12H13N3O2. The molecule has 88 valence electrons. The van der Waals surface area contributed by atoms with Gasteiger partial charge >= 0.3 is 5.69 Å². The van der Waals surface area contributed by atoms with Crippen molar-refractivity contribution < 1.29 is 4.74 Å². The zero-order valence-electron chi connectivity index (χ0n) is 9.43. The summed E-state index contributed by atoms with van der Waals surface area (Å²) in [6, 6.07) is 7.46. The van der Waals surface area contributed by atoms with Crippen LogP contribution in [0.15, 0.2) is 35.3 Å². The Balaban J connectivity index is 2.28. The van der Waals surface area contributed by atoms with Gasteiger partial charge in [-0.25, -0.2) is 4.79 Å². The Morgan fingerprint density at radius 2 is 2.29 bits per heavy atom. The predicted molar refractivity (Wildman–Crippen MR) is 64.0 cm³/mol. The van der Waals surface area contributed by atoms with Crippen molar-refractivity contribution in [2.75, 3.05) is 0 Å². The largest absolute Gasteiger partial charge is 0.454 e. The quantitative estimate of drug-likeness (QED) is 0.835. The van der Waals surface area contributed by atoms with Crippen molar-refractivity contribution in [2.24, 2.45) is 5.73 Å². The lowest BCUT2D eigenvalue weighted by atomic mass is 10.2. The van der Waals surface area contributed by atoms with E-state index >= 15 is 0 Å². The van der Waals surface area contributed by atoms with E-state index < -0.39 is 0 Å². The van der Waals surface area contributed by atoms with E-state index in [4.69, 9.17) is 10.5 Å². The summed E-state index contributed by atoms with van der Waals surface area (Å²) in [5.41, 5.74) is 6.79. The first-order chi connectivity index (χ1) is 8.19. The van der Waals surface area contributed by atoms with Crippen LogP contribution in [0.4, 0.5) is 0 Å². The van der Waals surface area contributed by atoms with Crippen LogP contribution in [-0.4, -0.2) is 9.97 Å². The second-order valence-corrected chi connectivity index (χ2v) is 3.63. The van der Waals surface area contributed by atoms with Crippen LogP contribution in [0.1, 0.15) is 11.3 Å². The first-order valence-electron chi connectivity index (χ1n) is 5.22. The highest BCUT2D eigenvalue weighted by Gasteiger charge is 2.03. The highest BCUT2D eigenvalue weighted by Crippen LogP contribution is 2.22. The summed E-state index contributed by atoms with van der Waals surface area (Å²) >= 11 is 0. The zero-order chi connectivity index (χ0) is 12.3. The minimum atomic E-state index is -0.384. The zero-order valence-corrected chi connectivity index (χ0v) is 9.43. The number of nitrogens with zero attached hydrogens (tertiary/aromatic N) is 1. The van der Waals surface area contributed by atoms with Gasteiger partial charge in [0.2, 0.25) is 0 Å². The van der Waals surface area contributed by atoms with Crippen LogP contribution in [-0.2, 0) is 6.54 Å². The van der Waals surface area contributed by atoms with E-state index in [1.807, 2.05) is 24.3 Å². The Morgan fingerprint density at radius 3 is 3.00 bits per heavy atom. The van der Waals surface area contributed by atoms with Gasteiger partial charge in [0, 0.05) is 6.54 Å². The van der Waals surface area contributed by atoms with E-state index in [1.54, 1.807) is 6.92 Å². The van der Waals surface area contributed by atoms with Gasteiger partial charge in [-0.3, -0.25) is 0 Å². The molecule has 0 amide bonds. The molecule has 0 aliphatic heterocycles. The minimum absolute atomic E-state index is 0.384. The topological polar surface area (TPSA) is 81.0 Å². The summed E-state index contributed by atoms with van der Waals surface area (Å²) in [5, 5.41) is 0. The maximum absolute atomic E-state index is 11.0. The molecule has 0 fully saturated rings. The summed E-state index contributed by atoms with van der Waals surface area (Å²) in [5.74, 6) is 1.20. The standard InChI is InChI=1S/C12H13N3O2/c1-8-11(7-14-12(16)15-8)17-10-4-2-3-9(5-10)6-13/h2-5,7H,6,13H2,1H3,(H,14,15,16). The van der Waals surface area contributed by atoms with Crippen molar-refractivity contribution in [1.82, 2.24) is 9.97 Å². The van der Waals surface area contributed by atoms with E-state index in [-0.39, 0.29) is 5.69 Å². The first-order valence-corrected chi connectivity index (χ1v) is 5.22. The maximum atomic E-state index is 11.0. The minimum Gasteiger partial charge on any atom is -0.454 e. The molecule has 2 rings (SSSR count). The Labute approximate surface area is 98.3 Å². The molecule has 5 nitrogen and oxygen atoms in total. The van der Waals surface area contributed by atoms with Gasteiger partial charge in [-0.2, -0.15) is 4.98 Å². The average molecular weight is 231 g/mol. The van der Waals surface area contributed by atoms with Crippen molar-refractivity contribution >= 4 is 0 Å². The van der Waals surface area contributed by atoms with Crippen molar-refractivity contribution in [3.05, 3.63) is 52.2 Å². The summed E-state index contributed by atoms with van der Waals surface area (Å²) in [4.78, 5) is 17.1.